The minimum atomic E-state index is 0.607. The van der Waals surface area contributed by atoms with Crippen molar-refractivity contribution in [3.05, 3.63) is 48.7 Å². The lowest BCUT2D eigenvalue weighted by atomic mass is 10.1. The summed E-state index contributed by atoms with van der Waals surface area (Å²) in [5.74, 6) is 2.55. The number of aromatic amines is 1. The van der Waals surface area contributed by atoms with Gasteiger partial charge in [-0.25, -0.2) is 9.97 Å². The standard InChI is InChI=1S/C14H14N4O/c1-19-12-4-2-3-11-10(12)5-6-17-14(11)18-9-13-15-7-8-16-13/h2-8H,9H2,1H3,(H,15,16)(H,17,18). The van der Waals surface area contributed by atoms with Crippen LogP contribution in [-0.2, 0) is 6.54 Å². The molecule has 1 aromatic carbocycles. The highest BCUT2D eigenvalue weighted by Gasteiger charge is 2.06. The molecular weight excluding hydrogens is 240 g/mol. The number of pyridine rings is 1. The number of nitrogens with one attached hydrogen (secondary N) is 2. The van der Waals surface area contributed by atoms with Gasteiger partial charge < -0.3 is 15.0 Å². The maximum atomic E-state index is 5.36. The molecule has 2 aromatic heterocycles. The van der Waals surface area contributed by atoms with E-state index in [9.17, 15) is 0 Å². The summed E-state index contributed by atoms with van der Waals surface area (Å²) in [6.07, 6.45) is 5.31. The summed E-state index contributed by atoms with van der Waals surface area (Å²) in [5.41, 5.74) is 0. The van der Waals surface area contributed by atoms with Gasteiger partial charge in [0.05, 0.1) is 13.7 Å². The third kappa shape index (κ3) is 2.22. The quantitative estimate of drug-likeness (QED) is 0.751. The lowest BCUT2D eigenvalue weighted by Gasteiger charge is -2.09. The topological polar surface area (TPSA) is 62.8 Å². The Hall–Kier alpha value is -2.56. The number of methoxy groups -OCH3 is 1. The van der Waals surface area contributed by atoms with E-state index in [2.05, 4.69) is 20.3 Å². The van der Waals surface area contributed by atoms with Crippen molar-refractivity contribution >= 4 is 16.6 Å². The van der Waals surface area contributed by atoms with Crippen molar-refractivity contribution < 1.29 is 4.74 Å². The summed E-state index contributed by atoms with van der Waals surface area (Å²) in [7, 11) is 1.67. The maximum Gasteiger partial charge on any atom is 0.134 e. The van der Waals surface area contributed by atoms with Crippen LogP contribution < -0.4 is 10.1 Å². The number of aromatic nitrogens is 3. The fraction of sp³-hybridized carbons (Fsp3) is 0.143. The van der Waals surface area contributed by atoms with Crippen molar-refractivity contribution in [3.8, 4) is 5.75 Å². The molecule has 0 spiro atoms. The predicted octanol–water partition coefficient (Wildman–Crippen LogP) is 2.58. The highest BCUT2D eigenvalue weighted by Crippen LogP contribution is 2.28. The zero-order valence-corrected chi connectivity index (χ0v) is 10.6. The van der Waals surface area contributed by atoms with Gasteiger partial charge in [0.15, 0.2) is 0 Å². The molecule has 3 rings (SSSR count). The Morgan fingerprint density at radius 3 is 2.89 bits per heavy atom. The Morgan fingerprint density at radius 2 is 2.11 bits per heavy atom. The molecule has 0 bridgehead atoms. The Morgan fingerprint density at radius 1 is 1.16 bits per heavy atom. The molecule has 0 unspecified atom stereocenters. The molecule has 0 aliphatic carbocycles. The predicted molar refractivity (Wildman–Crippen MR) is 74.2 cm³/mol. The molecule has 0 fully saturated rings. The normalized spacial score (nSPS) is 10.6. The van der Waals surface area contributed by atoms with Crippen LogP contribution in [0.4, 0.5) is 5.82 Å². The van der Waals surface area contributed by atoms with Gasteiger partial charge in [-0.05, 0) is 12.1 Å². The van der Waals surface area contributed by atoms with Gasteiger partial charge in [-0.15, -0.1) is 0 Å². The van der Waals surface area contributed by atoms with Crippen LogP contribution in [-0.4, -0.2) is 22.1 Å². The van der Waals surface area contributed by atoms with E-state index in [0.717, 1.165) is 28.2 Å². The van der Waals surface area contributed by atoms with Gasteiger partial charge in [0, 0.05) is 29.4 Å². The van der Waals surface area contributed by atoms with Gasteiger partial charge in [-0.1, -0.05) is 12.1 Å². The molecule has 3 aromatic rings. The Labute approximate surface area is 110 Å². The zero-order valence-electron chi connectivity index (χ0n) is 10.6. The minimum absolute atomic E-state index is 0.607. The van der Waals surface area contributed by atoms with E-state index in [0.29, 0.717) is 6.54 Å². The summed E-state index contributed by atoms with van der Waals surface area (Å²) in [6.45, 7) is 0.607. The number of benzene rings is 1. The van der Waals surface area contributed by atoms with E-state index in [1.165, 1.54) is 0 Å². The summed E-state index contributed by atoms with van der Waals surface area (Å²) < 4.78 is 5.36. The molecule has 19 heavy (non-hydrogen) atoms. The lowest BCUT2D eigenvalue weighted by molar-refractivity contribution is 0.420. The first-order chi connectivity index (χ1) is 9.38. The monoisotopic (exact) mass is 254 g/mol. The average molecular weight is 254 g/mol. The van der Waals surface area contributed by atoms with Crippen LogP contribution in [0.15, 0.2) is 42.9 Å². The van der Waals surface area contributed by atoms with Crippen molar-refractivity contribution in [3.63, 3.8) is 0 Å². The van der Waals surface area contributed by atoms with E-state index < -0.39 is 0 Å². The Balaban J connectivity index is 1.95. The third-order valence-electron chi connectivity index (χ3n) is 2.96. The Kier molecular flexibility index (Phi) is 3.02. The van der Waals surface area contributed by atoms with Gasteiger partial charge in [-0.3, -0.25) is 0 Å². The number of hydrogen-bond donors (Lipinski definition) is 2. The summed E-state index contributed by atoms with van der Waals surface area (Å²) in [6, 6.07) is 7.88. The first-order valence-corrected chi connectivity index (χ1v) is 6.02. The van der Waals surface area contributed by atoms with E-state index in [1.807, 2.05) is 24.3 Å². The van der Waals surface area contributed by atoms with Crippen LogP contribution in [0, 0.1) is 0 Å². The van der Waals surface area contributed by atoms with Crippen molar-refractivity contribution in [2.24, 2.45) is 0 Å². The van der Waals surface area contributed by atoms with E-state index in [4.69, 9.17) is 4.74 Å². The molecule has 0 saturated heterocycles. The number of imidazole rings is 1. The van der Waals surface area contributed by atoms with Crippen molar-refractivity contribution in [2.45, 2.75) is 6.54 Å². The fourth-order valence-corrected chi connectivity index (χ4v) is 2.06. The van der Waals surface area contributed by atoms with E-state index in [1.54, 1.807) is 25.7 Å². The number of H-pyrrole nitrogens is 1. The minimum Gasteiger partial charge on any atom is -0.496 e. The molecule has 0 amide bonds. The molecule has 0 aliphatic heterocycles. The molecule has 5 heteroatoms. The van der Waals surface area contributed by atoms with Crippen molar-refractivity contribution in [1.82, 2.24) is 15.0 Å². The second-order valence-electron chi connectivity index (χ2n) is 4.10. The maximum absolute atomic E-state index is 5.36. The average Bonchev–Trinajstić information content (AvgIpc) is 2.97. The molecule has 2 N–H and O–H groups in total. The highest BCUT2D eigenvalue weighted by molar-refractivity contribution is 5.95. The van der Waals surface area contributed by atoms with Gasteiger partial charge in [0.25, 0.3) is 0 Å². The van der Waals surface area contributed by atoms with Crippen LogP contribution in [0.5, 0.6) is 5.75 Å². The molecular formula is C14H14N4O. The first-order valence-electron chi connectivity index (χ1n) is 6.02. The third-order valence-corrected chi connectivity index (χ3v) is 2.96. The first kappa shape index (κ1) is 11.5. The lowest BCUT2D eigenvalue weighted by Crippen LogP contribution is -2.03. The highest BCUT2D eigenvalue weighted by atomic mass is 16.5. The summed E-state index contributed by atoms with van der Waals surface area (Å²) >= 11 is 0. The van der Waals surface area contributed by atoms with Crippen LogP contribution in [0.1, 0.15) is 5.82 Å². The van der Waals surface area contributed by atoms with E-state index >= 15 is 0 Å². The number of nitrogens with zero attached hydrogens (tertiary/aromatic N) is 2. The molecule has 0 aliphatic rings. The molecule has 0 saturated carbocycles. The SMILES string of the molecule is COc1cccc2c(NCc3ncc[nH]3)nccc12. The molecule has 96 valence electrons. The number of hydrogen-bond acceptors (Lipinski definition) is 4. The molecule has 5 nitrogen and oxygen atoms in total. The van der Waals surface area contributed by atoms with Crippen LogP contribution >= 0.6 is 0 Å². The summed E-state index contributed by atoms with van der Waals surface area (Å²) in [4.78, 5) is 11.6. The van der Waals surface area contributed by atoms with Crippen LogP contribution in [0.2, 0.25) is 0 Å². The number of ether oxygens (including phenoxy) is 1. The number of rotatable bonds is 4. The second kappa shape index (κ2) is 4.97. The summed E-state index contributed by atoms with van der Waals surface area (Å²) in [5, 5.41) is 5.36. The van der Waals surface area contributed by atoms with Crippen molar-refractivity contribution in [1.29, 1.82) is 0 Å². The Bertz CT molecular complexity index is 679. The molecule has 2 heterocycles. The largest absolute Gasteiger partial charge is 0.496 e. The van der Waals surface area contributed by atoms with Gasteiger partial charge in [-0.2, -0.15) is 0 Å². The molecule has 0 atom stereocenters. The van der Waals surface area contributed by atoms with Gasteiger partial charge in [0.2, 0.25) is 0 Å². The van der Waals surface area contributed by atoms with Crippen molar-refractivity contribution in [2.75, 3.05) is 12.4 Å². The van der Waals surface area contributed by atoms with Crippen LogP contribution in [0.25, 0.3) is 10.8 Å². The smallest absolute Gasteiger partial charge is 0.134 e. The van der Waals surface area contributed by atoms with Gasteiger partial charge in [0.1, 0.15) is 17.4 Å². The molecule has 0 radical (unpaired) electrons. The van der Waals surface area contributed by atoms with Gasteiger partial charge >= 0.3 is 0 Å². The van der Waals surface area contributed by atoms with Crippen LogP contribution in [0.3, 0.4) is 0 Å². The zero-order chi connectivity index (χ0) is 13.1. The number of fused-ring (bicyclic) bond motifs is 1. The van der Waals surface area contributed by atoms with E-state index in [-0.39, 0.29) is 0 Å². The number of anilines is 1. The fourth-order valence-electron chi connectivity index (χ4n) is 2.06. The second-order valence-corrected chi connectivity index (χ2v) is 4.10.